The van der Waals surface area contributed by atoms with Gasteiger partial charge >= 0.3 is 5.97 Å². The number of ether oxygens (including phenoxy) is 1. The molecule has 0 aliphatic heterocycles. The normalized spacial score (nSPS) is 10.1. The number of rotatable bonds is 5. The molecule has 5 heteroatoms. The molecule has 4 nitrogen and oxygen atoms in total. The predicted octanol–water partition coefficient (Wildman–Crippen LogP) is 2.46. The predicted molar refractivity (Wildman–Crippen MR) is 60.2 cm³/mol. The number of phenols is 1. The topological polar surface area (TPSA) is 66.8 Å². The number of carboxylic acids is 1. The van der Waals surface area contributed by atoms with Crippen LogP contribution in [0, 0.1) is 0 Å². The third kappa shape index (κ3) is 3.03. The first-order valence-corrected chi connectivity index (χ1v) is 5.20. The van der Waals surface area contributed by atoms with Gasteiger partial charge in [0, 0.05) is 6.42 Å². The molecule has 0 aromatic heterocycles. The fourth-order valence-electron chi connectivity index (χ4n) is 1.44. The second kappa shape index (κ2) is 5.61. The fourth-order valence-corrected chi connectivity index (χ4v) is 1.59. The molecule has 0 radical (unpaired) electrons. The maximum atomic E-state index is 10.4. The van der Waals surface area contributed by atoms with Crippen LogP contribution in [0.25, 0.3) is 0 Å². The Morgan fingerprint density at radius 3 is 2.75 bits per heavy atom. The summed E-state index contributed by atoms with van der Waals surface area (Å²) in [6, 6.07) is 3.29. The Bertz CT molecular complexity index is 390. The van der Waals surface area contributed by atoms with Crippen LogP contribution >= 0.6 is 11.6 Å². The fraction of sp³-hybridized carbons (Fsp3) is 0.364. The van der Waals surface area contributed by atoms with Crippen LogP contribution in [-0.2, 0) is 11.2 Å². The summed E-state index contributed by atoms with van der Waals surface area (Å²) >= 11 is 5.72. The highest BCUT2D eigenvalue weighted by molar-refractivity contribution is 6.32. The Labute approximate surface area is 98.4 Å². The summed E-state index contributed by atoms with van der Waals surface area (Å²) in [5.41, 5.74) is 0.755. The molecule has 0 amide bonds. The lowest BCUT2D eigenvalue weighted by atomic mass is 10.1. The molecular weight excluding hydrogens is 232 g/mol. The number of carboxylic acid groups (broad SMARTS) is 1. The van der Waals surface area contributed by atoms with Gasteiger partial charge in [0.15, 0.2) is 11.5 Å². The van der Waals surface area contributed by atoms with Gasteiger partial charge in [0.05, 0.1) is 12.1 Å². The average Bonchev–Trinajstić information content (AvgIpc) is 2.23. The van der Waals surface area contributed by atoms with Gasteiger partial charge in [0.1, 0.15) is 0 Å². The van der Waals surface area contributed by atoms with Gasteiger partial charge in [-0.25, -0.2) is 0 Å². The zero-order valence-electron chi connectivity index (χ0n) is 8.86. The van der Waals surface area contributed by atoms with Crippen molar-refractivity contribution >= 4 is 17.6 Å². The second-order valence-corrected chi connectivity index (χ2v) is 3.74. The van der Waals surface area contributed by atoms with E-state index >= 15 is 0 Å². The highest BCUT2D eigenvalue weighted by Crippen LogP contribution is 2.37. The number of carbonyl (C=O) groups is 1. The molecule has 0 fully saturated rings. The van der Waals surface area contributed by atoms with E-state index in [1.807, 2.05) is 0 Å². The van der Waals surface area contributed by atoms with Crippen molar-refractivity contribution in [1.82, 2.24) is 0 Å². The molecule has 0 spiro atoms. The minimum atomic E-state index is -0.836. The van der Waals surface area contributed by atoms with Gasteiger partial charge in [-0.2, -0.15) is 0 Å². The van der Waals surface area contributed by atoms with E-state index in [9.17, 15) is 9.90 Å². The molecule has 0 saturated heterocycles. The third-order valence-corrected chi connectivity index (χ3v) is 2.51. The number of phenolic OH excluding ortho intramolecular Hbond substituents is 1. The van der Waals surface area contributed by atoms with E-state index in [4.69, 9.17) is 21.4 Å². The van der Waals surface area contributed by atoms with Gasteiger partial charge in [0.2, 0.25) is 0 Å². The summed E-state index contributed by atoms with van der Waals surface area (Å²) in [7, 11) is 1.44. The van der Waals surface area contributed by atoms with Crippen molar-refractivity contribution in [3.05, 3.63) is 22.7 Å². The zero-order chi connectivity index (χ0) is 12.1. The smallest absolute Gasteiger partial charge is 0.303 e. The second-order valence-electron chi connectivity index (χ2n) is 3.34. The van der Waals surface area contributed by atoms with Crippen LogP contribution in [0.1, 0.15) is 18.4 Å². The molecule has 88 valence electrons. The molecule has 16 heavy (non-hydrogen) atoms. The molecule has 1 rings (SSSR count). The van der Waals surface area contributed by atoms with Crippen LogP contribution in [0.4, 0.5) is 0 Å². The standard InChI is InChI=1S/C11H13ClO4/c1-16-11-7(3-2-4-9(13)14)5-6-8(12)10(11)15/h5-6,15H,2-4H2,1H3,(H,13,14). The lowest BCUT2D eigenvalue weighted by Gasteiger charge is -2.10. The summed E-state index contributed by atoms with van der Waals surface area (Å²) in [6.07, 6.45) is 1.11. The highest BCUT2D eigenvalue weighted by Gasteiger charge is 2.12. The Morgan fingerprint density at radius 1 is 1.50 bits per heavy atom. The Hall–Kier alpha value is -1.42. The summed E-state index contributed by atoms with van der Waals surface area (Å²) < 4.78 is 5.03. The number of benzene rings is 1. The van der Waals surface area contributed by atoms with Crippen LogP contribution in [0.2, 0.25) is 5.02 Å². The Morgan fingerprint density at radius 2 is 2.19 bits per heavy atom. The number of hydrogen-bond donors (Lipinski definition) is 2. The quantitative estimate of drug-likeness (QED) is 0.835. The van der Waals surface area contributed by atoms with E-state index < -0.39 is 5.97 Å². The molecule has 1 aromatic carbocycles. The molecule has 0 aliphatic rings. The van der Waals surface area contributed by atoms with Crippen LogP contribution < -0.4 is 4.74 Å². The molecule has 1 aromatic rings. The molecule has 2 N–H and O–H groups in total. The van der Waals surface area contributed by atoms with Crippen molar-refractivity contribution in [3.63, 3.8) is 0 Å². The van der Waals surface area contributed by atoms with Gasteiger partial charge in [-0.1, -0.05) is 17.7 Å². The zero-order valence-corrected chi connectivity index (χ0v) is 9.62. The molecule has 0 heterocycles. The minimum absolute atomic E-state index is 0.0898. The Kier molecular flexibility index (Phi) is 4.43. The van der Waals surface area contributed by atoms with Crippen molar-refractivity contribution in [3.8, 4) is 11.5 Å². The summed E-state index contributed by atoms with van der Waals surface area (Å²) in [6.45, 7) is 0. The van der Waals surface area contributed by atoms with Gasteiger partial charge < -0.3 is 14.9 Å². The van der Waals surface area contributed by atoms with E-state index in [1.54, 1.807) is 12.1 Å². The lowest BCUT2D eigenvalue weighted by molar-refractivity contribution is -0.137. The van der Waals surface area contributed by atoms with E-state index in [-0.39, 0.29) is 17.2 Å². The SMILES string of the molecule is COc1c(CCCC(=O)O)ccc(Cl)c1O. The van der Waals surface area contributed by atoms with Crippen LogP contribution in [0.15, 0.2) is 12.1 Å². The van der Waals surface area contributed by atoms with Gasteiger partial charge in [-0.05, 0) is 24.5 Å². The van der Waals surface area contributed by atoms with Crippen LogP contribution in [0.3, 0.4) is 0 Å². The summed E-state index contributed by atoms with van der Waals surface area (Å²) in [4.78, 5) is 10.4. The molecule has 0 aliphatic carbocycles. The van der Waals surface area contributed by atoms with E-state index in [2.05, 4.69) is 0 Å². The minimum Gasteiger partial charge on any atom is -0.503 e. The number of aliphatic carboxylic acids is 1. The number of hydrogen-bond acceptors (Lipinski definition) is 3. The van der Waals surface area contributed by atoms with Crippen molar-refractivity contribution in [2.45, 2.75) is 19.3 Å². The first-order chi connectivity index (χ1) is 7.56. The first kappa shape index (κ1) is 12.6. The van der Waals surface area contributed by atoms with E-state index in [1.165, 1.54) is 7.11 Å². The Balaban J connectivity index is 2.79. The number of aryl methyl sites for hydroxylation is 1. The molecular formula is C11H13ClO4. The largest absolute Gasteiger partial charge is 0.503 e. The molecule has 0 unspecified atom stereocenters. The highest BCUT2D eigenvalue weighted by atomic mass is 35.5. The molecule has 0 bridgehead atoms. The van der Waals surface area contributed by atoms with Gasteiger partial charge in [0.25, 0.3) is 0 Å². The van der Waals surface area contributed by atoms with Gasteiger partial charge in [-0.15, -0.1) is 0 Å². The third-order valence-electron chi connectivity index (χ3n) is 2.20. The maximum Gasteiger partial charge on any atom is 0.303 e. The first-order valence-electron chi connectivity index (χ1n) is 4.82. The van der Waals surface area contributed by atoms with Crippen LogP contribution in [0.5, 0.6) is 11.5 Å². The monoisotopic (exact) mass is 244 g/mol. The van der Waals surface area contributed by atoms with Crippen molar-refractivity contribution in [2.75, 3.05) is 7.11 Å². The summed E-state index contributed by atoms with van der Waals surface area (Å²) in [5.74, 6) is -0.618. The van der Waals surface area contributed by atoms with Crippen molar-refractivity contribution < 1.29 is 19.7 Å². The number of methoxy groups -OCH3 is 1. The average molecular weight is 245 g/mol. The van der Waals surface area contributed by atoms with E-state index in [0.29, 0.717) is 18.6 Å². The lowest BCUT2D eigenvalue weighted by Crippen LogP contribution is -1.98. The van der Waals surface area contributed by atoms with Gasteiger partial charge in [-0.3, -0.25) is 4.79 Å². The number of aromatic hydroxyl groups is 1. The van der Waals surface area contributed by atoms with Crippen molar-refractivity contribution in [2.24, 2.45) is 0 Å². The molecule has 0 saturated carbocycles. The van der Waals surface area contributed by atoms with Crippen LogP contribution in [-0.4, -0.2) is 23.3 Å². The molecule has 0 atom stereocenters. The maximum absolute atomic E-state index is 10.4. The number of halogens is 1. The van der Waals surface area contributed by atoms with Crippen molar-refractivity contribution in [1.29, 1.82) is 0 Å². The van der Waals surface area contributed by atoms with E-state index in [0.717, 1.165) is 5.56 Å². The summed E-state index contributed by atoms with van der Waals surface area (Å²) in [5, 5.41) is 18.3.